The first-order valence-electron chi connectivity index (χ1n) is 4.19. The fraction of sp³-hybridized carbons (Fsp3) is 0.400. The van der Waals surface area contributed by atoms with Crippen molar-refractivity contribution < 1.29 is 4.39 Å². The summed E-state index contributed by atoms with van der Waals surface area (Å²) in [4.78, 5) is 0. The van der Waals surface area contributed by atoms with Crippen molar-refractivity contribution >= 4 is 0 Å². The Morgan fingerprint density at radius 3 is 2.58 bits per heavy atom. The van der Waals surface area contributed by atoms with E-state index in [2.05, 4.69) is 5.32 Å². The van der Waals surface area contributed by atoms with Crippen LogP contribution in [0.15, 0.2) is 30.3 Å². The lowest BCUT2D eigenvalue weighted by molar-refractivity contribution is 0.297. The third-order valence-corrected chi connectivity index (χ3v) is 2.50. The maximum absolute atomic E-state index is 13.8. The van der Waals surface area contributed by atoms with Crippen molar-refractivity contribution in [3.63, 3.8) is 0 Å². The Bertz CT molecular complexity index is 272. The molecule has 1 fully saturated rings. The van der Waals surface area contributed by atoms with Gasteiger partial charge in [-0.25, -0.2) is 4.39 Å². The van der Waals surface area contributed by atoms with Crippen LogP contribution in [0.25, 0.3) is 0 Å². The largest absolute Gasteiger partial charge is 0.314 e. The summed E-state index contributed by atoms with van der Waals surface area (Å²) in [5.74, 6) is 0. The van der Waals surface area contributed by atoms with Gasteiger partial charge in [0, 0.05) is 12.5 Å². The average molecular weight is 165 g/mol. The number of halogens is 1. The van der Waals surface area contributed by atoms with Crippen molar-refractivity contribution in [3.05, 3.63) is 35.9 Å². The zero-order valence-electron chi connectivity index (χ0n) is 7.05. The van der Waals surface area contributed by atoms with Gasteiger partial charge in [-0.05, 0) is 12.6 Å². The number of alkyl halides is 1. The Labute approximate surface area is 71.6 Å². The smallest absolute Gasteiger partial charge is 0.152 e. The van der Waals surface area contributed by atoms with Crippen LogP contribution in [-0.4, -0.2) is 13.1 Å². The summed E-state index contributed by atoms with van der Waals surface area (Å²) in [6.45, 7) is 0. The van der Waals surface area contributed by atoms with Crippen LogP contribution in [-0.2, 0) is 5.67 Å². The Morgan fingerprint density at radius 1 is 1.42 bits per heavy atom. The van der Waals surface area contributed by atoms with E-state index in [9.17, 15) is 4.39 Å². The van der Waals surface area contributed by atoms with E-state index < -0.39 is 5.67 Å². The minimum Gasteiger partial charge on any atom is -0.314 e. The van der Waals surface area contributed by atoms with Gasteiger partial charge in [-0.3, -0.25) is 0 Å². The topological polar surface area (TPSA) is 12.0 Å². The molecule has 0 spiro atoms. The molecule has 2 atom stereocenters. The summed E-state index contributed by atoms with van der Waals surface area (Å²) in [5, 5.41) is 2.95. The quantitative estimate of drug-likeness (QED) is 0.705. The van der Waals surface area contributed by atoms with Crippen molar-refractivity contribution in [2.45, 2.75) is 18.1 Å². The highest BCUT2D eigenvalue weighted by molar-refractivity contribution is 5.31. The standard InChI is InChI=1S/C10H12FN/c1-12-9-7-10(9,11)8-5-3-2-4-6-8/h2-6,9,12H,7H2,1H3/t9-,10-/m0/s1. The molecule has 1 aliphatic carbocycles. The molecule has 2 heteroatoms. The van der Waals surface area contributed by atoms with Gasteiger partial charge in [0.15, 0.2) is 5.67 Å². The summed E-state index contributed by atoms with van der Waals surface area (Å²) >= 11 is 0. The fourth-order valence-electron chi connectivity index (χ4n) is 1.60. The van der Waals surface area contributed by atoms with E-state index in [1.807, 2.05) is 30.3 Å². The normalized spacial score (nSPS) is 33.3. The highest BCUT2D eigenvalue weighted by Gasteiger charge is 2.55. The van der Waals surface area contributed by atoms with Gasteiger partial charge in [-0.1, -0.05) is 30.3 Å². The average Bonchev–Trinajstić information content (AvgIpc) is 2.81. The van der Waals surface area contributed by atoms with E-state index in [1.54, 1.807) is 7.05 Å². The third kappa shape index (κ3) is 1.03. The molecule has 0 aliphatic heterocycles. The lowest BCUT2D eigenvalue weighted by atomic mass is 10.1. The predicted octanol–water partition coefficient (Wildman–Crippen LogP) is 1.84. The molecule has 0 bridgehead atoms. The fourth-order valence-corrected chi connectivity index (χ4v) is 1.60. The Kier molecular flexibility index (Phi) is 1.65. The van der Waals surface area contributed by atoms with Crippen molar-refractivity contribution in [2.75, 3.05) is 7.05 Å². The van der Waals surface area contributed by atoms with Gasteiger partial charge in [-0.15, -0.1) is 0 Å². The van der Waals surface area contributed by atoms with Gasteiger partial charge in [0.2, 0.25) is 0 Å². The van der Waals surface area contributed by atoms with E-state index in [0.717, 1.165) is 5.56 Å². The van der Waals surface area contributed by atoms with Crippen LogP contribution in [0.5, 0.6) is 0 Å². The molecule has 1 nitrogen and oxygen atoms in total. The van der Waals surface area contributed by atoms with Crippen LogP contribution in [0.2, 0.25) is 0 Å². The zero-order chi connectivity index (χ0) is 8.60. The van der Waals surface area contributed by atoms with Gasteiger partial charge in [0.05, 0.1) is 0 Å². The number of benzene rings is 1. The molecule has 64 valence electrons. The molecule has 1 saturated carbocycles. The number of hydrogen-bond acceptors (Lipinski definition) is 1. The van der Waals surface area contributed by atoms with Crippen molar-refractivity contribution in [2.24, 2.45) is 0 Å². The van der Waals surface area contributed by atoms with Crippen LogP contribution < -0.4 is 5.32 Å². The molecule has 12 heavy (non-hydrogen) atoms. The first-order chi connectivity index (χ1) is 5.77. The van der Waals surface area contributed by atoms with E-state index in [0.29, 0.717) is 6.42 Å². The molecule has 0 radical (unpaired) electrons. The first kappa shape index (κ1) is 7.74. The summed E-state index contributed by atoms with van der Waals surface area (Å²) < 4.78 is 13.8. The van der Waals surface area contributed by atoms with Crippen LogP contribution in [0.4, 0.5) is 4.39 Å². The highest BCUT2D eigenvalue weighted by atomic mass is 19.1. The second-order valence-corrected chi connectivity index (χ2v) is 3.27. The lowest BCUT2D eigenvalue weighted by Crippen LogP contribution is -2.18. The monoisotopic (exact) mass is 165 g/mol. The Hall–Kier alpha value is -0.890. The molecule has 1 aliphatic rings. The number of nitrogens with one attached hydrogen (secondary N) is 1. The third-order valence-electron chi connectivity index (χ3n) is 2.50. The second-order valence-electron chi connectivity index (χ2n) is 3.27. The molecule has 1 N–H and O–H groups in total. The van der Waals surface area contributed by atoms with Crippen molar-refractivity contribution in [3.8, 4) is 0 Å². The maximum Gasteiger partial charge on any atom is 0.152 e. The summed E-state index contributed by atoms with van der Waals surface area (Å²) in [5.41, 5.74) is -0.305. The second kappa shape index (κ2) is 2.56. The Morgan fingerprint density at radius 2 is 2.08 bits per heavy atom. The minimum absolute atomic E-state index is 0.0138. The van der Waals surface area contributed by atoms with Gasteiger partial charge >= 0.3 is 0 Å². The molecule has 0 aromatic heterocycles. The molecule has 1 aromatic rings. The number of likely N-dealkylation sites (N-methyl/N-ethyl adjacent to an activating group) is 1. The predicted molar refractivity (Wildman–Crippen MR) is 46.7 cm³/mol. The molecular weight excluding hydrogens is 153 g/mol. The minimum atomic E-state index is -1.10. The van der Waals surface area contributed by atoms with Gasteiger partial charge < -0.3 is 5.32 Å². The SMILES string of the molecule is CN[C@H]1C[C@]1(F)c1ccccc1. The zero-order valence-corrected chi connectivity index (χ0v) is 7.05. The molecular formula is C10H12FN. The van der Waals surface area contributed by atoms with E-state index in [-0.39, 0.29) is 6.04 Å². The summed E-state index contributed by atoms with van der Waals surface area (Å²) in [7, 11) is 1.80. The summed E-state index contributed by atoms with van der Waals surface area (Å²) in [6.07, 6.45) is 0.605. The highest BCUT2D eigenvalue weighted by Crippen LogP contribution is 2.49. The lowest BCUT2D eigenvalue weighted by Gasteiger charge is -2.06. The maximum atomic E-state index is 13.8. The van der Waals surface area contributed by atoms with Gasteiger partial charge in [-0.2, -0.15) is 0 Å². The van der Waals surface area contributed by atoms with Gasteiger partial charge in [0.1, 0.15) is 0 Å². The molecule has 0 saturated heterocycles. The van der Waals surface area contributed by atoms with Gasteiger partial charge in [0.25, 0.3) is 0 Å². The molecule has 1 aromatic carbocycles. The van der Waals surface area contributed by atoms with Crippen molar-refractivity contribution in [1.82, 2.24) is 5.32 Å². The summed E-state index contributed by atoms with van der Waals surface area (Å²) in [6, 6.07) is 9.36. The number of rotatable bonds is 2. The molecule has 2 rings (SSSR count). The molecule has 0 amide bonds. The van der Waals surface area contributed by atoms with E-state index in [1.165, 1.54) is 0 Å². The van der Waals surface area contributed by atoms with E-state index in [4.69, 9.17) is 0 Å². The van der Waals surface area contributed by atoms with Crippen LogP contribution in [0.1, 0.15) is 12.0 Å². The Balaban J connectivity index is 2.23. The van der Waals surface area contributed by atoms with Crippen LogP contribution >= 0.6 is 0 Å². The van der Waals surface area contributed by atoms with Crippen LogP contribution in [0.3, 0.4) is 0 Å². The van der Waals surface area contributed by atoms with Crippen LogP contribution in [0, 0.1) is 0 Å². The molecule has 0 heterocycles. The van der Waals surface area contributed by atoms with E-state index >= 15 is 0 Å². The number of hydrogen-bond donors (Lipinski definition) is 1. The first-order valence-corrected chi connectivity index (χ1v) is 4.19. The molecule has 0 unspecified atom stereocenters. The van der Waals surface area contributed by atoms with Crippen molar-refractivity contribution in [1.29, 1.82) is 0 Å².